The van der Waals surface area contributed by atoms with Crippen molar-refractivity contribution in [3.8, 4) is 17.1 Å². The summed E-state index contributed by atoms with van der Waals surface area (Å²) in [5.74, 6) is -1.15. The SMILES string of the molecule is Cc1nc(-c2nnn(C)c2CC(=O)OCC(C)F)ccc1O[C@H]1CCC[C@H](C(=O)O)C1. The van der Waals surface area contributed by atoms with Crippen molar-refractivity contribution in [2.75, 3.05) is 6.61 Å². The standard InChI is InChI=1S/C21H27FN4O5/c1-12(22)11-30-19(27)10-17-20(24-25-26(17)3)16-7-8-18(13(2)23-16)31-15-6-4-5-14(9-15)21(28)29/h7-8,12,14-15H,4-6,9-11H2,1-3H3,(H,28,29)/t12?,14-,15-/m0/s1. The molecule has 0 saturated heterocycles. The molecule has 0 radical (unpaired) electrons. The maximum absolute atomic E-state index is 12.9. The normalized spacial score (nSPS) is 19.6. The molecule has 1 aliphatic rings. The molecule has 2 aromatic heterocycles. The van der Waals surface area contributed by atoms with Gasteiger partial charge in [-0.15, -0.1) is 5.10 Å². The molecule has 2 heterocycles. The molecule has 10 heteroatoms. The van der Waals surface area contributed by atoms with Crippen molar-refractivity contribution in [2.24, 2.45) is 13.0 Å². The lowest BCUT2D eigenvalue weighted by atomic mass is 9.87. The van der Waals surface area contributed by atoms with E-state index in [1.807, 2.05) is 0 Å². The number of rotatable bonds is 8. The van der Waals surface area contributed by atoms with E-state index in [0.29, 0.717) is 41.4 Å². The van der Waals surface area contributed by atoms with Gasteiger partial charge in [0.1, 0.15) is 24.2 Å². The second kappa shape index (κ2) is 9.84. The number of aryl methyl sites for hydroxylation is 2. The molecule has 168 valence electrons. The molecule has 0 aliphatic heterocycles. The Bertz CT molecular complexity index is 946. The van der Waals surface area contributed by atoms with Gasteiger partial charge in [0.15, 0.2) is 0 Å². The molecule has 1 fully saturated rings. The molecule has 0 aromatic carbocycles. The Kier molecular flexibility index (Phi) is 7.19. The van der Waals surface area contributed by atoms with Crippen LogP contribution in [0, 0.1) is 12.8 Å². The number of carboxylic acid groups (broad SMARTS) is 1. The Morgan fingerprint density at radius 2 is 2.13 bits per heavy atom. The molecule has 3 atom stereocenters. The van der Waals surface area contributed by atoms with Crippen molar-refractivity contribution in [3.05, 3.63) is 23.5 Å². The lowest BCUT2D eigenvalue weighted by Gasteiger charge is -2.27. The van der Waals surface area contributed by atoms with Crippen LogP contribution in [0.15, 0.2) is 12.1 Å². The van der Waals surface area contributed by atoms with Crippen LogP contribution in [0.1, 0.15) is 44.0 Å². The van der Waals surface area contributed by atoms with Gasteiger partial charge in [-0.25, -0.2) is 9.37 Å². The van der Waals surface area contributed by atoms with E-state index in [-0.39, 0.29) is 25.0 Å². The summed E-state index contributed by atoms with van der Waals surface area (Å²) in [5, 5.41) is 17.3. The van der Waals surface area contributed by atoms with E-state index in [9.17, 15) is 19.1 Å². The van der Waals surface area contributed by atoms with Crippen LogP contribution in [0.5, 0.6) is 5.75 Å². The zero-order valence-electron chi connectivity index (χ0n) is 17.9. The van der Waals surface area contributed by atoms with Gasteiger partial charge in [-0.2, -0.15) is 0 Å². The molecular formula is C21H27FN4O5. The summed E-state index contributed by atoms with van der Waals surface area (Å²) in [5.41, 5.74) is 2.09. The van der Waals surface area contributed by atoms with Gasteiger partial charge in [-0.1, -0.05) is 5.21 Å². The number of pyridine rings is 1. The first kappa shape index (κ1) is 22.6. The number of ether oxygens (including phenoxy) is 2. The minimum Gasteiger partial charge on any atom is -0.489 e. The highest BCUT2D eigenvalue weighted by Gasteiger charge is 2.28. The van der Waals surface area contributed by atoms with Crippen molar-refractivity contribution < 1.29 is 28.6 Å². The van der Waals surface area contributed by atoms with Crippen LogP contribution < -0.4 is 4.74 Å². The number of halogens is 1. The molecule has 1 N–H and O–H groups in total. The van der Waals surface area contributed by atoms with Crippen molar-refractivity contribution in [1.82, 2.24) is 20.0 Å². The summed E-state index contributed by atoms with van der Waals surface area (Å²) in [4.78, 5) is 27.8. The monoisotopic (exact) mass is 434 g/mol. The predicted molar refractivity (Wildman–Crippen MR) is 108 cm³/mol. The summed E-state index contributed by atoms with van der Waals surface area (Å²) >= 11 is 0. The Hall–Kier alpha value is -3.04. The maximum atomic E-state index is 12.9. The number of hydrogen-bond acceptors (Lipinski definition) is 7. The van der Waals surface area contributed by atoms with Gasteiger partial charge < -0.3 is 14.6 Å². The molecule has 3 rings (SSSR count). The smallest absolute Gasteiger partial charge is 0.312 e. The van der Waals surface area contributed by atoms with E-state index < -0.39 is 18.1 Å². The molecule has 0 amide bonds. The van der Waals surface area contributed by atoms with Gasteiger partial charge in [0.05, 0.1) is 35.5 Å². The number of hydrogen-bond donors (Lipinski definition) is 1. The molecular weight excluding hydrogens is 407 g/mol. The van der Waals surface area contributed by atoms with Gasteiger partial charge in [-0.05, 0) is 51.7 Å². The predicted octanol–water partition coefficient (Wildman–Crippen LogP) is 2.65. The minimum atomic E-state index is -1.24. The number of carbonyl (C=O) groups is 2. The fourth-order valence-corrected chi connectivity index (χ4v) is 3.63. The van der Waals surface area contributed by atoms with Gasteiger partial charge >= 0.3 is 11.9 Å². The molecule has 1 aliphatic carbocycles. The van der Waals surface area contributed by atoms with Crippen molar-refractivity contribution in [1.29, 1.82) is 0 Å². The molecule has 0 spiro atoms. The third kappa shape index (κ3) is 5.77. The summed E-state index contributed by atoms with van der Waals surface area (Å²) in [7, 11) is 1.66. The first-order valence-corrected chi connectivity index (χ1v) is 10.3. The highest BCUT2D eigenvalue weighted by Crippen LogP contribution is 2.30. The van der Waals surface area contributed by atoms with Crippen molar-refractivity contribution in [3.63, 3.8) is 0 Å². The van der Waals surface area contributed by atoms with E-state index in [0.717, 1.165) is 12.8 Å². The molecule has 0 bridgehead atoms. The van der Waals surface area contributed by atoms with E-state index >= 15 is 0 Å². The number of carboxylic acids is 1. The second-order valence-electron chi connectivity index (χ2n) is 7.87. The summed E-state index contributed by atoms with van der Waals surface area (Å²) in [6.45, 7) is 2.81. The summed E-state index contributed by atoms with van der Waals surface area (Å²) in [6.07, 6.45) is 1.26. The number of alkyl halides is 1. The number of nitrogens with zero attached hydrogens (tertiary/aromatic N) is 4. The quantitative estimate of drug-likeness (QED) is 0.631. The zero-order chi connectivity index (χ0) is 22.5. The lowest BCUT2D eigenvalue weighted by molar-refractivity contribution is -0.145. The van der Waals surface area contributed by atoms with Crippen LogP contribution in [-0.2, 0) is 27.8 Å². The second-order valence-corrected chi connectivity index (χ2v) is 7.87. The number of carbonyl (C=O) groups excluding carboxylic acids is 1. The third-order valence-electron chi connectivity index (χ3n) is 5.28. The van der Waals surface area contributed by atoms with Crippen LogP contribution >= 0.6 is 0 Å². The Labute approximate surface area is 179 Å². The molecule has 31 heavy (non-hydrogen) atoms. The first-order chi connectivity index (χ1) is 14.7. The van der Waals surface area contributed by atoms with Crippen LogP contribution in [0.25, 0.3) is 11.4 Å². The number of esters is 1. The molecule has 1 unspecified atom stereocenters. The highest BCUT2D eigenvalue weighted by molar-refractivity contribution is 5.75. The van der Waals surface area contributed by atoms with Crippen molar-refractivity contribution >= 4 is 11.9 Å². The largest absolute Gasteiger partial charge is 0.489 e. The lowest BCUT2D eigenvalue weighted by Crippen LogP contribution is -2.29. The molecule has 9 nitrogen and oxygen atoms in total. The number of aliphatic carboxylic acids is 1. The first-order valence-electron chi connectivity index (χ1n) is 10.3. The van der Waals surface area contributed by atoms with E-state index in [1.165, 1.54) is 11.6 Å². The van der Waals surface area contributed by atoms with Crippen molar-refractivity contribution in [2.45, 2.75) is 58.2 Å². The summed E-state index contributed by atoms with van der Waals surface area (Å²) < 4.78 is 25.3. The van der Waals surface area contributed by atoms with Crippen LogP contribution in [0.4, 0.5) is 4.39 Å². The van der Waals surface area contributed by atoms with Gasteiger partial charge in [-0.3, -0.25) is 14.3 Å². The maximum Gasteiger partial charge on any atom is 0.312 e. The van der Waals surface area contributed by atoms with Gasteiger partial charge in [0, 0.05) is 7.05 Å². The van der Waals surface area contributed by atoms with Gasteiger partial charge in [0.2, 0.25) is 0 Å². The van der Waals surface area contributed by atoms with Gasteiger partial charge in [0.25, 0.3) is 0 Å². The third-order valence-corrected chi connectivity index (χ3v) is 5.28. The Morgan fingerprint density at radius 1 is 1.35 bits per heavy atom. The van der Waals surface area contributed by atoms with Crippen LogP contribution in [0.2, 0.25) is 0 Å². The van der Waals surface area contributed by atoms with Crippen LogP contribution in [-0.4, -0.2) is 55.9 Å². The fourth-order valence-electron chi connectivity index (χ4n) is 3.63. The van der Waals surface area contributed by atoms with E-state index in [2.05, 4.69) is 15.3 Å². The molecule has 2 aromatic rings. The Morgan fingerprint density at radius 3 is 2.81 bits per heavy atom. The highest BCUT2D eigenvalue weighted by atomic mass is 19.1. The average Bonchev–Trinajstić information content (AvgIpc) is 3.08. The average molecular weight is 434 g/mol. The topological polar surface area (TPSA) is 116 Å². The van der Waals surface area contributed by atoms with E-state index in [4.69, 9.17) is 9.47 Å². The zero-order valence-corrected chi connectivity index (χ0v) is 17.9. The van der Waals surface area contributed by atoms with E-state index in [1.54, 1.807) is 26.1 Å². The number of aromatic nitrogens is 4. The molecule has 1 saturated carbocycles. The fraction of sp³-hybridized carbons (Fsp3) is 0.571. The Balaban J connectivity index is 1.73. The minimum absolute atomic E-state index is 0.108. The van der Waals surface area contributed by atoms with Crippen LogP contribution in [0.3, 0.4) is 0 Å². The summed E-state index contributed by atoms with van der Waals surface area (Å²) in [6, 6.07) is 3.49.